The Morgan fingerprint density at radius 1 is 0.765 bits per heavy atom. The smallest absolute Gasteiger partial charge is 0.207 e. The van der Waals surface area contributed by atoms with Gasteiger partial charge in [-0.05, 0) is 6.42 Å². The third-order valence-corrected chi connectivity index (χ3v) is 7.28. The third-order valence-electron chi connectivity index (χ3n) is 7.28. The molecule has 1 aliphatic rings. The van der Waals surface area contributed by atoms with Crippen molar-refractivity contribution in [2.75, 3.05) is 19.6 Å². The molecule has 0 amide bonds. The van der Waals surface area contributed by atoms with Crippen LogP contribution in [-0.2, 0) is 4.79 Å². The Hall–Kier alpha value is -1.20. The van der Waals surface area contributed by atoms with Crippen LogP contribution in [0.4, 0.5) is 0 Å². The number of amidine groups is 1. The molecule has 1 aliphatic heterocycles. The highest BCUT2D eigenvalue weighted by Gasteiger charge is 2.34. The van der Waals surface area contributed by atoms with Gasteiger partial charge >= 0.3 is 0 Å². The summed E-state index contributed by atoms with van der Waals surface area (Å²) in [5.74, 6) is -0.117. The van der Waals surface area contributed by atoms with Crippen molar-refractivity contribution in [3.63, 3.8) is 0 Å². The fourth-order valence-corrected chi connectivity index (χ4v) is 5.16. The van der Waals surface area contributed by atoms with Gasteiger partial charge in [0.15, 0.2) is 0 Å². The summed E-state index contributed by atoms with van der Waals surface area (Å²) < 4.78 is 0.248. The van der Waals surface area contributed by atoms with Crippen LogP contribution in [0.1, 0.15) is 142 Å². The fourth-order valence-electron chi connectivity index (χ4n) is 5.16. The topological polar surface area (TPSA) is 78.5 Å². The zero-order valence-corrected chi connectivity index (χ0v) is 22.4. The number of quaternary nitrogens is 1. The Morgan fingerprint density at radius 3 is 1.56 bits per heavy atom. The Kier molecular flexibility index (Phi) is 19.1. The lowest BCUT2D eigenvalue weighted by molar-refractivity contribution is -0.780. The summed E-state index contributed by atoms with van der Waals surface area (Å²) in [5.41, 5.74) is 5.72. The van der Waals surface area contributed by atoms with E-state index < -0.39 is 5.97 Å². The van der Waals surface area contributed by atoms with Crippen LogP contribution < -0.4 is 10.8 Å². The highest BCUT2D eigenvalue weighted by molar-refractivity contribution is 5.80. The van der Waals surface area contributed by atoms with Gasteiger partial charge in [0.25, 0.3) is 0 Å². The van der Waals surface area contributed by atoms with E-state index in [4.69, 9.17) is 5.73 Å². The van der Waals surface area contributed by atoms with E-state index in [-0.39, 0.29) is 11.0 Å². The molecule has 0 saturated carbocycles. The lowest BCUT2D eigenvalue weighted by Gasteiger charge is -2.32. The zero-order valence-electron chi connectivity index (χ0n) is 22.4. The third kappa shape index (κ3) is 14.9. The molecule has 0 aliphatic carbocycles. The van der Waals surface area contributed by atoms with Crippen molar-refractivity contribution in [3.8, 4) is 0 Å². The maximum absolute atomic E-state index is 11.2. The van der Waals surface area contributed by atoms with Crippen molar-refractivity contribution in [1.29, 1.82) is 0 Å². The number of carboxylic acid groups (broad SMARTS) is 1. The van der Waals surface area contributed by atoms with Gasteiger partial charge in [-0.1, -0.05) is 129 Å². The van der Waals surface area contributed by atoms with E-state index in [1.807, 2.05) is 6.20 Å². The molecule has 5 nitrogen and oxygen atoms in total. The number of hydrogen-bond donors (Lipinski definition) is 1. The van der Waals surface area contributed by atoms with Gasteiger partial charge in [0.05, 0.1) is 12.2 Å². The van der Waals surface area contributed by atoms with Crippen molar-refractivity contribution >= 4 is 11.8 Å². The summed E-state index contributed by atoms with van der Waals surface area (Å²) >= 11 is 0. The number of hydrogen-bond acceptors (Lipinski definition) is 4. The standard InChI is InChI=1S/C29H55N3O2/c1-2-3-4-5-6-7-8-9-10-11-12-13-14-15-16-17-18-19-20-21-22-28-31-24-26-32(28,25-23-30)27-29(33)34/h24,26H,2-23,25,27,30H2,1H3. The maximum Gasteiger partial charge on any atom is 0.207 e. The summed E-state index contributed by atoms with van der Waals surface area (Å²) in [4.78, 5) is 15.6. The number of carbonyl (C=O) groups is 1. The number of nitrogens with zero attached hydrogens (tertiary/aromatic N) is 2. The molecular weight excluding hydrogens is 422 g/mol. The van der Waals surface area contributed by atoms with E-state index in [1.54, 1.807) is 6.20 Å². The van der Waals surface area contributed by atoms with E-state index in [1.165, 1.54) is 122 Å². The number of carboxylic acids is 1. The Bertz CT molecular complexity index is 562. The quantitative estimate of drug-likeness (QED) is 0.119. The van der Waals surface area contributed by atoms with Crippen LogP contribution in [0.3, 0.4) is 0 Å². The van der Waals surface area contributed by atoms with Crippen LogP contribution in [0.15, 0.2) is 17.4 Å². The highest BCUT2D eigenvalue weighted by Crippen LogP contribution is 2.21. The normalized spacial score (nSPS) is 17.4. The van der Waals surface area contributed by atoms with Crippen LogP contribution in [-0.4, -0.2) is 35.9 Å². The van der Waals surface area contributed by atoms with Gasteiger partial charge in [0.1, 0.15) is 19.3 Å². The van der Waals surface area contributed by atoms with Gasteiger partial charge < -0.3 is 15.6 Å². The van der Waals surface area contributed by atoms with Gasteiger partial charge in [-0.2, -0.15) is 0 Å². The Balaban J connectivity index is 1.86. The molecule has 5 heteroatoms. The zero-order chi connectivity index (χ0) is 24.7. The number of unbranched alkanes of at least 4 members (excludes halogenated alkanes) is 19. The second-order valence-corrected chi connectivity index (χ2v) is 10.4. The monoisotopic (exact) mass is 477 g/mol. The molecule has 0 aromatic heterocycles. The van der Waals surface area contributed by atoms with Crippen molar-refractivity contribution < 1.29 is 14.4 Å². The summed E-state index contributed by atoms with van der Waals surface area (Å²) in [7, 11) is 0. The van der Waals surface area contributed by atoms with Crippen LogP contribution in [0, 0.1) is 0 Å². The van der Waals surface area contributed by atoms with Crippen molar-refractivity contribution in [3.05, 3.63) is 12.4 Å². The van der Waals surface area contributed by atoms with E-state index in [0.717, 1.165) is 18.7 Å². The first-order valence-corrected chi connectivity index (χ1v) is 14.7. The van der Waals surface area contributed by atoms with Gasteiger partial charge in [-0.15, -0.1) is 0 Å². The lowest BCUT2D eigenvalue weighted by Crippen LogP contribution is -2.55. The highest BCUT2D eigenvalue weighted by atomic mass is 16.4. The number of carbonyl (C=O) groups excluding carboxylic acids is 1. The van der Waals surface area contributed by atoms with E-state index in [2.05, 4.69) is 11.9 Å². The molecule has 0 fully saturated rings. The molecular formula is C29H55N3O2. The minimum absolute atomic E-state index is 0.0638. The van der Waals surface area contributed by atoms with E-state index >= 15 is 0 Å². The second kappa shape index (κ2) is 21.1. The Labute approximate surface area is 210 Å². The molecule has 2 N–H and O–H groups in total. The van der Waals surface area contributed by atoms with Gasteiger partial charge in [0, 0.05) is 13.0 Å². The van der Waals surface area contributed by atoms with Gasteiger partial charge in [0.2, 0.25) is 5.84 Å². The molecule has 0 aromatic rings. The minimum Gasteiger partial charge on any atom is -0.544 e. The number of rotatable bonds is 25. The predicted octanol–water partition coefficient (Wildman–Crippen LogP) is 6.61. The maximum atomic E-state index is 11.2. The number of aliphatic carboxylic acids is 1. The Morgan fingerprint density at radius 2 is 1.18 bits per heavy atom. The summed E-state index contributed by atoms with van der Waals surface area (Å²) in [6, 6.07) is 0. The average Bonchev–Trinajstić information content (AvgIpc) is 3.19. The first kappa shape index (κ1) is 30.8. The number of aliphatic imine (C=N–C) groups is 1. The molecule has 0 spiro atoms. The lowest BCUT2D eigenvalue weighted by atomic mass is 10.0. The predicted molar refractivity (Wildman–Crippen MR) is 143 cm³/mol. The fraction of sp³-hybridized carbons (Fsp3) is 0.862. The van der Waals surface area contributed by atoms with Crippen molar-refractivity contribution in [2.45, 2.75) is 142 Å². The molecule has 0 saturated heterocycles. The second-order valence-electron chi connectivity index (χ2n) is 10.4. The first-order valence-electron chi connectivity index (χ1n) is 14.7. The van der Waals surface area contributed by atoms with Crippen molar-refractivity contribution in [1.82, 2.24) is 0 Å². The van der Waals surface area contributed by atoms with Gasteiger partial charge in [-0.3, -0.25) is 0 Å². The summed E-state index contributed by atoms with van der Waals surface area (Å²) in [6.07, 6.45) is 31.9. The SMILES string of the molecule is CCCCCCCCCCCCCCCCCCCCCCC1=NC=C[N+]1(CCN)CC(=O)[O-]. The molecule has 1 atom stereocenters. The molecule has 1 heterocycles. The average molecular weight is 478 g/mol. The minimum atomic E-state index is -1.05. The van der Waals surface area contributed by atoms with E-state index in [0.29, 0.717) is 13.1 Å². The first-order chi connectivity index (χ1) is 16.6. The molecule has 0 bridgehead atoms. The summed E-state index contributed by atoms with van der Waals surface area (Å²) in [6.45, 7) is 3.23. The molecule has 0 aromatic carbocycles. The van der Waals surface area contributed by atoms with Crippen LogP contribution >= 0.6 is 0 Å². The van der Waals surface area contributed by atoms with Crippen LogP contribution in [0.2, 0.25) is 0 Å². The number of nitrogens with two attached hydrogens (primary N) is 1. The molecule has 198 valence electrons. The van der Waals surface area contributed by atoms with Gasteiger partial charge in [-0.25, -0.2) is 9.48 Å². The molecule has 1 rings (SSSR count). The molecule has 34 heavy (non-hydrogen) atoms. The summed E-state index contributed by atoms with van der Waals surface area (Å²) in [5, 5.41) is 11.2. The van der Waals surface area contributed by atoms with Crippen LogP contribution in [0.25, 0.3) is 0 Å². The molecule has 1 unspecified atom stereocenters. The van der Waals surface area contributed by atoms with E-state index in [9.17, 15) is 9.90 Å². The van der Waals surface area contributed by atoms with Crippen LogP contribution in [0.5, 0.6) is 0 Å². The largest absolute Gasteiger partial charge is 0.544 e. The van der Waals surface area contributed by atoms with Crippen molar-refractivity contribution in [2.24, 2.45) is 10.7 Å². The molecule has 0 radical (unpaired) electrons.